The first-order chi connectivity index (χ1) is 17.0. The highest BCUT2D eigenvalue weighted by Crippen LogP contribution is 2.41. The Morgan fingerprint density at radius 3 is 2.81 bits per heavy atom. The number of aliphatic hydroxyl groups is 1. The topological polar surface area (TPSA) is 94.7 Å². The van der Waals surface area contributed by atoms with E-state index in [2.05, 4.69) is 41.1 Å². The predicted octanol–water partition coefficient (Wildman–Crippen LogP) is 5.03. The number of carbonyl (C=O) groups is 1. The van der Waals surface area contributed by atoms with E-state index in [4.69, 9.17) is 9.41 Å². The average Bonchev–Trinajstić information content (AvgIpc) is 3.19. The summed E-state index contributed by atoms with van der Waals surface area (Å²) < 4.78 is 5.84. The molecular weight excluding hydrogens is 476 g/mol. The Balaban J connectivity index is 0.00000267. The summed E-state index contributed by atoms with van der Waals surface area (Å²) in [5.41, 5.74) is 8.04. The molecule has 0 saturated carbocycles. The third-order valence-corrected chi connectivity index (χ3v) is 7.16. The molecule has 8 bridgehead atoms. The molecule has 2 N–H and O–H groups in total. The molecule has 1 aromatic heterocycles. The second-order valence-corrected chi connectivity index (χ2v) is 9.82. The number of H-pyrrole nitrogens is 1. The Bertz CT molecular complexity index is 1430. The normalized spacial score (nSPS) is 18.4. The highest BCUT2D eigenvalue weighted by molar-refractivity contribution is 6.09. The van der Waals surface area contributed by atoms with Gasteiger partial charge in [0.1, 0.15) is 17.8 Å². The summed E-state index contributed by atoms with van der Waals surface area (Å²) in [4.78, 5) is 28.1. The highest BCUT2D eigenvalue weighted by atomic mass is 35.5. The molecule has 186 valence electrons. The lowest BCUT2D eigenvalue weighted by molar-refractivity contribution is 0.0977. The van der Waals surface area contributed by atoms with Gasteiger partial charge >= 0.3 is 0 Å². The largest absolute Gasteiger partial charge is 0.511 e. The number of fused-ring (bicyclic) bond motifs is 5. The first-order valence-electron chi connectivity index (χ1n) is 12.1. The van der Waals surface area contributed by atoms with E-state index in [1.165, 1.54) is 5.56 Å². The van der Waals surface area contributed by atoms with Crippen molar-refractivity contribution in [3.63, 3.8) is 0 Å². The maximum atomic E-state index is 13.1. The number of hydrogen-bond acceptors (Lipinski definition) is 6. The zero-order valence-corrected chi connectivity index (χ0v) is 21.2. The van der Waals surface area contributed by atoms with E-state index in [9.17, 15) is 9.90 Å². The van der Waals surface area contributed by atoms with E-state index >= 15 is 0 Å². The van der Waals surface area contributed by atoms with Gasteiger partial charge < -0.3 is 19.4 Å². The van der Waals surface area contributed by atoms with Crippen LogP contribution in [-0.4, -0.2) is 58.7 Å². The molecule has 0 saturated heterocycles. The molecule has 7 nitrogen and oxygen atoms in total. The van der Waals surface area contributed by atoms with Crippen LogP contribution in [0, 0.1) is 5.92 Å². The van der Waals surface area contributed by atoms with E-state index in [-0.39, 0.29) is 30.4 Å². The lowest BCUT2D eigenvalue weighted by atomic mass is 9.82. The van der Waals surface area contributed by atoms with Crippen LogP contribution in [0.3, 0.4) is 0 Å². The van der Waals surface area contributed by atoms with Crippen LogP contribution in [0.5, 0.6) is 0 Å². The molecule has 8 heteroatoms. The number of halogens is 1. The summed E-state index contributed by atoms with van der Waals surface area (Å²) in [7, 11) is 4.20. The second kappa shape index (κ2) is 9.56. The minimum atomic E-state index is -0.141. The van der Waals surface area contributed by atoms with Crippen molar-refractivity contribution in [2.75, 3.05) is 27.2 Å². The van der Waals surface area contributed by atoms with Gasteiger partial charge in [-0.25, -0.2) is 0 Å². The lowest BCUT2D eigenvalue weighted by Gasteiger charge is -2.28. The third-order valence-electron chi connectivity index (χ3n) is 7.16. The minimum Gasteiger partial charge on any atom is -0.511 e. The van der Waals surface area contributed by atoms with Crippen molar-refractivity contribution in [3.8, 4) is 11.1 Å². The molecule has 3 aliphatic carbocycles. The summed E-state index contributed by atoms with van der Waals surface area (Å²) in [5.74, 6) is 0.930. The number of aromatic amines is 1. The Morgan fingerprint density at radius 2 is 1.97 bits per heavy atom. The van der Waals surface area contributed by atoms with Crippen molar-refractivity contribution in [2.45, 2.75) is 25.7 Å². The summed E-state index contributed by atoms with van der Waals surface area (Å²) in [6.07, 6.45) is 9.41. The van der Waals surface area contributed by atoms with E-state index in [1.54, 1.807) is 18.5 Å². The van der Waals surface area contributed by atoms with Gasteiger partial charge in [-0.05, 0) is 61.8 Å². The van der Waals surface area contributed by atoms with Gasteiger partial charge in [-0.3, -0.25) is 14.8 Å². The van der Waals surface area contributed by atoms with E-state index in [0.717, 1.165) is 47.4 Å². The van der Waals surface area contributed by atoms with Crippen LogP contribution in [0.15, 0.2) is 58.2 Å². The van der Waals surface area contributed by atoms with Crippen LogP contribution in [-0.2, 0) is 12.8 Å². The van der Waals surface area contributed by atoms with Crippen LogP contribution < -0.4 is 0 Å². The number of aromatic nitrogens is 2. The second-order valence-electron chi connectivity index (χ2n) is 9.82. The number of aliphatic hydroxyl groups excluding tert-OH is 1. The van der Waals surface area contributed by atoms with Crippen molar-refractivity contribution >= 4 is 29.5 Å². The number of aliphatic imine (C=N–C) groups is 1. The maximum absolute atomic E-state index is 13.1. The number of hydrogen-bond donors (Lipinski definition) is 2. The van der Waals surface area contributed by atoms with Crippen LogP contribution in [0.4, 0.5) is 0 Å². The molecule has 0 unspecified atom stereocenters. The van der Waals surface area contributed by atoms with E-state index < -0.39 is 0 Å². The van der Waals surface area contributed by atoms with Gasteiger partial charge in [-0.1, -0.05) is 0 Å². The SMILES string of the molecule is CN(C)C[C@@H]1CCc2cc3c4cncc-4cc2C1=NCCc1cc2c([nH]cco1)C3=C(O)CC2=O.Cl. The molecule has 1 aromatic rings. The molecule has 0 amide bonds. The van der Waals surface area contributed by atoms with Crippen molar-refractivity contribution in [1.29, 1.82) is 0 Å². The molecule has 5 aliphatic rings. The fourth-order valence-electron chi connectivity index (χ4n) is 5.62. The van der Waals surface area contributed by atoms with Gasteiger partial charge in [0, 0.05) is 72.0 Å². The first-order valence-corrected chi connectivity index (χ1v) is 12.1. The summed E-state index contributed by atoms with van der Waals surface area (Å²) in [5, 5.41) is 11.2. The first kappa shape index (κ1) is 24.3. The van der Waals surface area contributed by atoms with Crippen LogP contribution >= 0.6 is 12.4 Å². The molecule has 0 radical (unpaired) electrons. The highest BCUT2D eigenvalue weighted by Gasteiger charge is 2.32. The predicted molar refractivity (Wildman–Crippen MR) is 142 cm³/mol. The monoisotopic (exact) mass is 504 g/mol. The zero-order chi connectivity index (χ0) is 24.1. The fraction of sp³-hybridized carbons (Fsp3) is 0.321. The van der Waals surface area contributed by atoms with E-state index in [0.29, 0.717) is 41.5 Å². The van der Waals surface area contributed by atoms with Gasteiger partial charge in [0.2, 0.25) is 0 Å². The maximum Gasteiger partial charge on any atom is 0.172 e. The number of Topliss-reactive ketones (excluding diaryl/α,β-unsaturated/α-hetero) is 1. The molecule has 3 heterocycles. The van der Waals surface area contributed by atoms with Gasteiger partial charge in [0.05, 0.1) is 12.1 Å². The van der Waals surface area contributed by atoms with Gasteiger partial charge in [-0.15, -0.1) is 12.4 Å². The lowest BCUT2D eigenvalue weighted by Crippen LogP contribution is -2.32. The van der Waals surface area contributed by atoms with Crippen LogP contribution in [0.25, 0.3) is 16.7 Å². The number of nitrogens with one attached hydrogen (secondary N) is 1. The molecule has 36 heavy (non-hydrogen) atoms. The standard InChI is InChI=1S/C28H28N4O3.ClH/c1-32(2)15-17-4-3-16-9-21-23-14-29-13-18(23)10-20(16)27(17)30-6-5-19-11-22-24(33)12-25(34)26(21)28(22)31-7-8-35-19;/h7-11,13-14,17,31,34H,3-6,12,15H2,1-2H3;1H/t17-;/m0./s1. The summed E-state index contributed by atoms with van der Waals surface area (Å²) in [6, 6.07) is 6.19. The van der Waals surface area contributed by atoms with Crippen molar-refractivity contribution < 1.29 is 14.3 Å². The molecule has 6 rings (SSSR count). The molecular formula is C28H29ClN4O3. The van der Waals surface area contributed by atoms with Crippen molar-refractivity contribution in [3.05, 3.63) is 82.5 Å². The van der Waals surface area contributed by atoms with Gasteiger partial charge in [0.25, 0.3) is 0 Å². The fourth-order valence-corrected chi connectivity index (χ4v) is 5.62. The van der Waals surface area contributed by atoms with Crippen molar-refractivity contribution in [2.24, 2.45) is 10.9 Å². The molecule has 1 atom stereocenters. The Hall–Kier alpha value is -3.42. The van der Waals surface area contributed by atoms with Gasteiger partial charge in [0.15, 0.2) is 5.78 Å². The Kier molecular flexibility index (Phi) is 6.45. The van der Waals surface area contributed by atoms with Crippen LogP contribution in [0.1, 0.15) is 51.3 Å². The third kappa shape index (κ3) is 4.12. The van der Waals surface area contributed by atoms with E-state index in [1.807, 2.05) is 12.4 Å². The summed E-state index contributed by atoms with van der Waals surface area (Å²) in [6.45, 7) is 1.48. The number of aryl methyl sites for hydroxylation is 1. The number of nitrogens with zero attached hydrogens (tertiary/aromatic N) is 3. The molecule has 0 spiro atoms. The molecule has 2 aliphatic heterocycles. The number of rotatable bonds is 2. The average molecular weight is 505 g/mol. The molecule has 0 fully saturated rings. The minimum absolute atomic E-state index is 0. The smallest absolute Gasteiger partial charge is 0.172 e. The zero-order valence-electron chi connectivity index (χ0n) is 20.4. The van der Waals surface area contributed by atoms with Gasteiger partial charge in [-0.2, -0.15) is 0 Å². The summed E-state index contributed by atoms with van der Waals surface area (Å²) >= 11 is 0. The Labute approximate surface area is 216 Å². The van der Waals surface area contributed by atoms with Crippen LogP contribution in [0.2, 0.25) is 0 Å². The molecule has 0 aromatic carbocycles. The number of ketones is 1. The quantitative estimate of drug-likeness (QED) is 0.510. The van der Waals surface area contributed by atoms with Crippen molar-refractivity contribution in [1.82, 2.24) is 14.9 Å². The number of carbonyl (C=O) groups excluding carboxylic acids is 1. The Morgan fingerprint density at radius 1 is 1.11 bits per heavy atom. The number of allylic oxidation sites excluding steroid dienone is 1.